The lowest BCUT2D eigenvalue weighted by molar-refractivity contribution is -0.158. The van der Waals surface area contributed by atoms with Crippen molar-refractivity contribution in [3.63, 3.8) is 0 Å². The molecule has 1 saturated heterocycles. The fourth-order valence-electron chi connectivity index (χ4n) is 4.75. The van der Waals surface area contributed by atoms with Crippen molar-refractivity contribution >= 4 is 23.4 Å². The molecule has 0 radical (unpaired) electrons. The largest absolute Gasteiger partial charge is 0.328 e. The zero-order valence-corrected chi connectivity index (χ0v) is 18.4. The van der Waals surface area contributed by atoms with Gasteiger partial charge in [0.05, 0.1) is 0 Å². The van der Waals surface area contributed by atoms with Gasteiger partial charge in [0.15, 0.2) is 0 Å². The molecule has 2 aliphatic rings. The highest BCUT2D eigenvalue weighted by Gasteiger charge is 2.42. The molecular weight excluding hydrogens is 415 g/mol. The second kappa shape index (κ2) is 9.82. The Morgan fingerprint density at radius 2 is 1.55 bits per heavy atom. The number of benzene rings is 2. The lowest BCUT2D eigenvalue weighted by Crippen LogP contribution is -2.58. The topological polar surface area (TPSA) is 40.6 Å². The molecule has 2 amide bonds. The van der Waals surface area contributed by atoms with E-state index in [4.69, 9.17) is 11.6 Å². The second-order valence-electron chi connectivity index (χ2n) is 8.53. The predicted molar refractivity (Wildman–Crippen MR) is 119 cm³/mol. The monoisotopic (exact) mass is 442 g/mol. The van der Waals surface area contributed by atoms with E-state index >= 15 is 0 Å². The third kappa shape index (κ3) is 5.09. The van der Waals surface area contributed by atoms with Gasteiger partial charge in [-0.05, 0) is 54.7 Å². The average Bonchev–Trinajstić information content (AvgIpc) is 3.05. The Kier molecular flexibility index (Phi) is 6.91. The minimum absolute atomic E-state index is 0.0470. The summed E-state index contributed by atoms with van der Waals surface area (Å²) in [6, 6.07) is 12.9. The van der Waals surface area contributed by atoms with Crippen molar-refractivity contribution in [2.75, 3.05) is 13.1 Å². The van der Waals surface area contributed by atoms with Crippen LogP contribution < -0.4 is 0 Å². The molecule has 2 aromatic carbocycles. The Hall–Kier alpha value is -2.40. The van der Waals surface area contributed by atoms with Crippen LogP contribution in [0.5, 0.6) is 0 Å². The van der Waals surface area contributed by atoms with Crippen LogP contribution >= 0.6 is 11.6 Å². The third-order valence-corrected chi connectivity index (χ3v) is 6.71. The Morgan fingerprint density at radius 1 is 0.903 bits per heavy atom. The number of amides is 2. The van der Waals surface area contributed by atoms with E-state index < -0.39 is 6.04 Å². The summed E-state index contributed by atoms with van der Waals surface area (Å²) >= 11 is 5.97. The predicted octanol–water partition coefficient (Wildman–Crippen LogP) is 5.16. The maximum Gasteiger partial charge on any atom is 0.250 e. The zero-order chi connectivity index (χ0) is 21.8. The van der Waals surface area contributed by atoms with E-state index in [1.165, 1.54) is 25.0 Å². The summed E-state index contributed by atoms with van der Waals surface area (Å²) in [6.45, 7) is 0.550. The summed E-state index contributed by atoms with van der Waals surface area (Å²) in [5.41, 5.74) is 1.71. The molecule has 0 aromatic heterocycles. The lowest BCUT2D eigenvalue weighted by Gasteiger charge is -2.43. The average molecular weight is 443 g/mol. The zero-order valence-electron chi connectivity index (χ0n) is 17.6. The van der Waals surface area contributed by atoms with Crippen LogP contribution in [-0.2, 0) is 16.0 Å². The molecule has 4 rings (SSSR count). The minimum atomic E-state index is -0.711. The third-order valence-electron chi connectivity index (χ3n) is 6.46. The Bertz CT molecular complexity index is 908. The number of hydrogen-bond acceptors (Lipinski definition) is 2. The molecule has 6 heteroatoms. The quantitative estimate of drug-likeness (QED) is 0.600. The summed E-state index contributed by atoms with van der Waals surface area (Å²) in [6.07, 6.45) is 7.05. The molecule has 0 N–H and O–H groups in total. The first kappa shape index (κ1) is 21.8. The fourth-order valence-corrected chi connectivity index (χ4v) is 4.88. The summed E-state index contributed by atoms with van der Waals surface area (Å²) in [7, 11) is 0. The normalized spacial score (nSPS) is 20.8. The van der Waals surface area contributed by atoms with Gasteiger partial charge in [-0.25, -0.2) is 4.39 Å². The van der Waals surface area contributed by atoms with Crippen molar-refractivity contribution < 1.29 is 14.0 Å². The van der Waals surface area contributed by atoms with E-state index in [9.17, 15) is 14.0 Å². The highest BCUT2D eigenvalue weighted by molar-refractivity contribution is 6.30. The number of rotatable bonds is 5. The lowest BCUT2D eigenvalue weighted by atomic mass is 9.97. The number of halogens is 2. The molecule has 0 unspecified atom stereocenters. The van der Waals surface area contributed by atoms with Gasteiger partial charge in [0.1, 0.15) is 18.4 Å². The molecular formula is C25H28ClFN2O2. The summed E-state index contributed by atoms with van der Waals surface area (Å²) in [5.74, 6) is -0.451. The van der Waals surface area contributed by atoms with Gasteiger partial charge in [-0.15, -0.1) is 0 Å². The van der Waals surface area contributed by atoms with E-state index in [0.29, 0.717) is 23.6 Å². The maximum atomic E-state index is 13.7. The van der Waals surface area contributed by atoms with Gasteiger partial charge >= 0.3 is 0 Å². The molecule has 4 nitrogen and oxygen atoms in total. The summed E-state index contributed by atoms with van der Waals surface area (Å²) in [5, 5.41) is 0.663. The van der Waals surface area contributed by atoms with Crippen molar-refractivity contribution in [2.24, 2.45) is 0 Å². The van der Waals surface area contributed by atoms with E-state index in [1.807, 2.05) is 24.3 Å². The van der Waals surface area contributed by atoms with Gasteiger partial charge in [0.2, 0.25) is 5.91 Å². The van der Waals surface area contributed by atoms with Crippen molar-refractivity contribution in [3.05, 3.63) is 70.5 Å². The number of hydrogen-bond donors (Lipinski definition) is 0. The first-order chi connectivity index (χ1) is 15.0. The van der Waals surface area contributed by atoms with Crippen molar-refractivity contribution in [1.82, 2.24) is 9.80 Å². The number of piperazine rings is 1. The molecule has 2 aromatic rings. The van der Waals surface area contributed by atoms with Crippen molar-refractivity contribution in [3.8, 4) is 0 Å². The Balaban J connectivity index is 1.59. The van der Waals surface area contributed by atoms with Crippen LogP contribution in [-0.4, -0.2) is 40.7 Å². The Morgan fingerprint density at radius 3 is 2.19 bits per heavy atom. The molecule has 164 valence electrons. The van der Waals surface area contributed by atoms with Crippen LogP contribution in [0.25, 0.3) is 0 Å². The van der Waals surface area contributed by atoms with E-state index in [-0.39, 0.29) is 30.2 Å². The van der Waals surface area contributed by atoms with Crippen LogP contribution in [0.3, 0.4) is 0 Å². The number of nitrogens with zero attached hydrogens (tertiary/aromatic N) is 2. The van der Waals surface area contributed by atoms with Crippen LogP contribution in [0.15, 0.2) is 48.5 Å². The molecule has 1 heterocycles. The maximum absolute atomic E-state index is 13.7. The highest BCUT2D eigenvalue weighted by Crippen LogP contribution is 2.32. The van der Waals surface area contributed by atoms with Crippen LogP contribution in [0.1, 0.15) is 55.7 Å². The molecule has 0 bridgehead atoms. The minimum Gasteiger partial charge on any atom is -0.328 e. The summed E-state index contributed by atoms with van der Waals surface area (Å²) < 4.78 is 13.6. The first-order valence-corrected chi connectivity index (χ1v) is 11.5. The molecule has 0 spiro atoms. The molecule has 2 fully saturated rings. The second-order valence-corrected chi connectivity index (χ2v) is 8.97. The van der Waals surface area contributed by atoms with Gasteiger partial charge < -0.3 is 9.80 Å². The molecule has 31 heavy (non-hydrogen) atoms. The fraction of sp³-hybridized carbons (Fsp3) is 0.440. The highest BCUT2D eigenvalue weighted by atomic mass is 35.5. The van der Waals surface area contributed by atoms with Crippen LogP contribution in [0, 0.1) is 5.82 Å². The standard InChI is InChI=1S/C25H28ClFN2O2/c26-20-11-7-18(8-12-20)15-16-28-23(30)17-29(22-5-3-1-2-4-6-22)25(31)24(28)19-9-13-21(27)14-10-19/h7-14,22,24H,1-6,15-17H2/t24-/m1/s1. The van der Waals surface area contributed by atoms with Gasteiger partial charge in [0, 0.05) is 17.6 Å². The number of carbonyl (C=O) groups excluding carboxylic acids is 2. The Labute approximate surface area is 188 Å². The van der Waals surface area contributed by atoms with E-state index in [0.717, 1.165) is 31.2 Å². The van der Waals surface area contributed by atoms with Gasteiger partial charge in [0.25, 0.3) is 5.91 Å². The first-order valence-electron chi connectivity index (χ1n) is 11.1. The molecule has 1 saturated carbocycles. The van der Waals surface area contributed by atoms with Gasteiger partial charge in [-0.3, -0.25) is 9.59 Å². The number of carbonyl (C=O) groups is 2. The van der Waals surface area contributed by atoms with Crippen LogP contribution in [0.4, 0.5) is 4.39 Å². The summed E-state index contributed by atoms with van der Waals surface area (Å²) in [4.78, 5) is 30.4. The van der Waals surface area contributed by atoms with Crippen LogP contribution in [0.2, 0.25) is 5.02 Å². The van der Waals surface area contributed by atoms with E-state index in [2.05, 4.69) is 0 Å². The van der Waals surface area contributed by atoms with Crippen molar-refractivity contribution in [2.45, 2.75) is 57.0 Å². The molecule has 1 atom stereocenters. The van der Waals surface area contributed by atoms with Gasteiger partial charge in [-0.2, -0.15) is 0 Å². The SMILES string of the molecule is O=C1[C@@H](c2ccc(F)cc2)N(CCc2ccc(Cl)cc2)C(=O)CN1C1CCCCCC1. The van der Waals surface area contributed by atoms with E-state index in [1.54, 1.807) is 21.9 Å². The van der Waals surface area contributed by atoms with Crippen molar-refractivity contribution in [1.29, 1.82) is 0 Å². The smallest absolute Gasteiger partial charge is 0.250 e. The van der Waals surface area contributed by atoms with Gasteiger partial charge in [-0.1, -0.05) is 61.5 Å². The molecule has 1 aliphatic carbocycles. The molecule has 1 aliphatic heterocycles.